The number of hydrogen-bond acceptors (Lipinski definition) is 16. The first-order chi connectivity index (χ1) is 48.5. The maximum atomic E-state index is 12.3. The third-order valence-corrected chi connectivity index (χ3v) is 21.2. The Morgan fingerprint density at radius 2 is 0.275 bits per heavy atom. The van der Waals surface area contributed by atoms with E-state index in [2.05, 4.69) is 0 Å². The first-order valence-corrected chi connectivity index (χ1v) is 37.3. The van der Waals surface area contributed by atoms with E-state index in [0.29, 0.717) is 0 Å². The standard InChI is InChI=1S/4C20H13O4P.2Rh/c4*21-25(22)23-17-11-9-13-5-1-3-7-15(13)19(17)20-16-8-4-2-6-14(16)10-12-18(20)24-25;;/h4*1-12H,(H,21,22);;/q;;;;2*+2/p-4. The average molecular weight is 1590 g/mol. The van der Waals surface area contributed by atoms with Gasteiger partial charge in [-0.3, -0.25) is 0 Å². The summed E-state index contributed by atoms with van der Waals surface area (Å²) in [5.41, 5.74) is 5.88. The van der Waals surface area contributed by atoms with Crippen molar-refractivity contribution in [1.29, 1.82) is 0 Å². The molecule has 0 aliphatic carbocycles. The molecule has 0 saturated heterocycles. The molecule has 0 bridgehead atoms. The van der Waals surface area contributed by atoms with Gasteiger partial charge in [0.25, 0.3) is 0 Å². The van der Waals surface area contributed by atoms with E-state index >= 15 is 0 Å². The van der Waals surface area contributed by atoms with E-state index in [9.17, 15) is 37.8 Å². The topological polar surface area (TPSA) is 234 Å². The average Bonchev–Trinajstić information content (AvgIpc) is 1.55. The van der Waals surface area contributed by atoms with Gasteiger partial charge in [-0.05, 0) is 135 Å². The summed E-state index contributed by atoms with van der Waals surface area (Å²) >= 11 is 0. The van der Waals surface area contributed by atoms with Gasteiger partial charge in [0.15, 0.2) is 0 Å². The third-order valence-electron chi connectivity index (χ3n) is 17.8. The number of phosphoric acid groups is 4. The zero-order chi connectivity index (χ0) is 68.1. The summed E-state index contributed by atoms with van der Waals surface area (Å²) in [5, 5.41) is 15.4. The predicted molar refractivity (Wildman–Crippen MR) is 383 cm³/mol. The molecule has 502 valence electrons. The van der Waals surface area contributed by atoms with Crippen LogP contribution in [0.4, 0.5) is 0 Å². The fourth-order valence-electron chi connectivity index (χ4n) is 13.7. The van der Waals surface area contributed by atoms with Gasteiger partial charge in [-0.15, -0.1) is 0 Å². The summed E-state index contributed by atoms with van der Waals surface area (Å²) in [6, 6.07) is 90.9. The van der Waals surface area contributed by atoms with Crippen LogP contribution in [0.15, 0.2) is 291 Å². The molecular formula is C80H48O16P4Rh2. The molecule has 0 fully saturated rings. The van der Waals surface area contributed by atoms with Gasteiger partial charge in [0.1, 0.15) is 46.0 Å². The van der Waals surface area contributed by atoms with Crippen LogP contribution in [0, 0.1) is 0 Å². The number of phosphoric ester groups is 4. The van der Waals surface area contributed by atoms with Crippen LogP contribution in [0.1, 0.15) is 0 Å². The normalized spacial score (nSPS) is 14.6. The van der Waals surface area contributed by atoms with Crippen molar-refractivity contribution in [3.8, 4) is 90.5 Å². The van der Waals surface area contributed by atoms with Gasteiger partial charge < -0.3 is 55.8 Å². The van der Waals surface area contributed by atoms with E-state index in [4.69, 9.17) is 36.2 Å². The Bertz CT molecular complexity index is 5210. The van der Waals surface area contributed by atoms with Gasteiger partial charge in [0, 0.05) is 44.5 Å². The molecule has 0 atom stereocenters. The molecule has 0 amide bonds. The Kier molecular flexibility index (Phi) is 17.8. The van der Waals surface area contributed by atoms with Crippen LogP contribution in [0.2, 0.25) is 0 Å². The predicted octanol–water partition coefficient (Wildman–Crippen LogP) is 19.6. The van der Waals surface area contributed by atoms with Gasteiger partial charge in [-0.25, -0.2) is 18.3 Å². The zero-order valence-corrected chi connectivity index (χ0v) is 59.6. The van der Waals surface area contributed by atoms with Crippen molar-refractivity contribution in [2.24, 2.45) is 0 Å². The second kappa shape index (κ2) is 26.8. The van der Waals surface area contributed by atoms with E-state index in [1.807, 2.05) is 243 Å². The summed E-state index contributed by atoms with van der Waals surface area (Å²) < 4.78 is 91.1. The SMILES string of the molecule is O=P1([O-])Oc2ccc3ccccc3c2-c2c(ccc3ccccc23)O1.O=P1([O-])Oc2ccc3ccccc3c2-c2c(ccc3ccccc23)O1.O=P1([O-])Oc2ccc3ccccc3c2-c2c(ccc3ccccc23)O1.O=P1([O-])Oc2ccc3ccccc3c2-c2c(ccc3ccccc23)O1.[Rh+2].[Rh+2]. The minimum atomic E-state index is -4.50. The molecule has 2 radical (unpaired) electrons. The van der Waals surface area contributed by atoms with Crippen LogP contribution in [0.5, 0.6) is 46.0 Å². The molecule has 0 spiro atoms. The number of rotatable bonds is 0. The van der Waals surface area contributed by atoms with Crippen LogP contribution in [0.3, 0.4) is 0 Å². The van der Waals surface area contributed by atoms with Crippen molar-refractivity contribution in [2.75, 3.05) is 0 Å². The third kappa shape index (κ3) is 12.6. The first-order valence-electron chi connectivity index (χ1n) is 31.5. The quantitative estimate of drug-likeness (QED) is 0.101. The summed E-state index contributed by atoms with van der Waals surface area (Å²) in [6.07, 6.45) is 0. The van der Waals surface area contributed by atoms with Gasteiger partial charge in [-0.2, -0.15) is 0 Å². The van der Waals surface area contributed by atoms with Crippen LogP contribution >= 0.6 is 31.3 Å². The Balaban J connectivity index is 0.000000109. The van der Waals surface area contributed by atoms with Crippen LogP contribution in [-0.2, 0) is 57.2 Å². The van der Waals surface area contributed by atoms with Gasteiger partial charge >= 0.3 is 70.2 Å². The molecule has 4 aliphatic heterocycles. The molecule has 0 saturated carbocycles. The zero-order valence-electron chi connectivity index (χ0n) is 52.7. The van der Waals surface area contributed by atoms with E-state index in [1.54, 1.807) is 48.5 Å². The Hall–Kier alpha value is -9.99. The van der Waals surface area contributed by atoms with E-state index in [-0.39, 0.29) is 85.0 Å². The van der Waals surface area contributed by atoms with Gasteiger partial charge in [0.2, 0.25) is 0 Å². The largest absolute Gasteiger partial charge is 2.00 e. The maximum Gasteiger partial charge on any atom is 2.00 e. The van der Waals surface area contributed by atoms with Crippen LogP contribution in [-0.4, -0.2) is 0 Å². The molecule has 20 rings (SSSR count). The molecule has 16 aromatic carbocycles. The maximum absolute atomic E-state index is 12.3. The van der Waals surface area contributed by atoms with Crippen molar-refractivity contribution in [3.63, 3.8) is 0 Å². The van der Waals surface area contributed by atoms with Gasteiger partial charge in [0.05, 0.1) is 0 Å². The van der Waals surface area contributed by atoms with Crippen molar-refractivity contribution >= 4 is 117 Å². The minimum Gasteiger partial charge on any atom is -0.736 e. The van der Waals surface area contributed by atoms with E-state index in [1.165, 1.54) is 0 Å². The molecule has 16 nitrogen and oxygen atoms in total. The van der Waals surface area contributed by atoms with Crippen LogP contribution < -0.4 is 55.8 Å². The van der Waals surface area contributed by atoms with Gasteiger partial charge in [-0.1, -0.05) is 243 Å². The Labute approximate surface area is 607 Å². The summed E-state index contributed by atoms with van der Waals surface area (Å²) in [7, 11) is -18.0. The van der Waals surface area contributed by atoms with Crippen molar-refractivity contribution < 1.29 is 113 Å². The molecule has 4 heterocycles. The summed E-state index contributed by atoms with van der Waals surface area (Å²) in [4.78, 5) is 49.0. The number of hydrogen-bond donors (Lipinski definition) is 0. The smallest absolute Gasteiger partial charge is 0.736 e. The Morgan fingerprint density at radius 3 is 0.392 bits per heavy atom. The molecule has 22 heteroatoms. The van der Waals surface area contributed by atoms with Crippen LogP contribution in [0.25, 0.3) is 131 Å². The fourth-order valence-corrected chi connectivity index (χ4v) is 17.0. The Morgan fingerprint density at radius 1 is 0.167 bits per heavy atom. The molecule has 4 aliphatic rings. The summed E-state index contributed by atoms with van der Waals surface area (Å²) in [5.74, 6) is 2.28. The first kappa shape index (κ1) is 67.8. The van der Waals surface area contributed by atoms with Crippen molar-refractivity contribution in [1.82, 2.24) is 0 Å². The van der Waals surface area contributed by atoms with Crippen molar-refractivity contribution in [3.05, 3.63) is 291 Å². The molecule has 0 N–H and O–H groups in total. The molecule has 16 aromatic rings. The molecule has 102 heavy (non-hydrogen) atoms. The number of benzene rings is 16. The monoisotopic (exact) mass is 1590 g/mol. The number of fused-ring (bicyclic) bond motifs is 28. The molecule has 0 aromatic heterocycles. The second-order valence-corrected chi connectivity index (χ2v) is 28.8. The minimum absolute atomic E-state index is 0. The molecule has 0 unspecified atom stereocenters. The molecular weight excluding hydrogens is 1550 g/mol. The van der Waals surface area contributed by atoms with E-state index < -0.39 is 31.3 Å². The summed E-state index contributed by atoms with van der Waals surface area (Å²) in [6.45, 7) is 0. The van der Waals surface area contributed by atoms with E-state index in [0.717, 1.165) is 131 Å². The van der Waals surface area contributed by atoms with Crippen molar-refractivity contribution in [2.45, 2.75) is 0 Å². The second-order valence-electron chi connectivity index (χ2n) is 23.8. The fraction of sp³-hybridized carbons (Fsp3) is 0.